The number of ether oxygens (including phenoxy) is 1. The van der Waals surface area contributed by atoms with Gasteiger partial charge in [0.1, 0.15) is 17.2 Å². The van der Waals surface area contributed by atoms with Crippen LogP contribution in [0, 0.1) is 17.0 Å². The van der Waals surface area contributed by atoms with E-state index in [2.05, 4.69) is 5.32 Å². The molecule has 2 fully saturated rings. The molecule has 1 atom stereocenters. The van der Waals surface area contributed by atoms with Crippen LogP contribution < -0.4 is 5.32 Å². The Balaban J connectivity index is 1.73. The predicted octanol–water partition coefficient (Wildman–Crippen LogP) is 2.65. The van der Waals surface area contributed by atoms with Crippen LogP contribution in [0.25, 0.3) is 0 Å². The van der Waals surface area contributed by atoms with Crippen LogP contribution in [0.1, 0.15) is 36.0 Å². The third-order valence-corrected chi connectivity index (χ3v) is 4.65. The lowest BCUT2D eigenvalue weighted by Crippen LogP contribution is -2.57. The molecule has 1 amide bonds. The average molecular weight is 281 g/mol. The van der Waals surface area contributed by atoms with Gasteiger partial charge in [0.25, 0.3) is 5.91 Å². The van der Waals surface area contributed by atoms with Crippen LogP contribution in [0.4, 0.5) is 8.78 Å². The molecule has 5 heteroatoms. The Hall–Kier alpha value is -1.49. The van der Waals surface area contributed by atoms with Gasteiger partial charge in [-0.3, -0.25) is 4.79 Å². The molecule has 1 unspecified atom stereocenters. The Bertz CT molecular complexity index is 506. The first-order chi connectivity index (χ1) is 9.62. The van der Waals surface area contributed by atoms with Gasteiger partial charge in [0.05, 0.1) is 0 Å². The molecular weight excluding hydrogens is 264 g/mol. The number of hydrogen-bond acceptors (Lipinski definition) is 2. The molecule has 3 rings (SSSR count). The maximum absolute atomic E-state index is 13.6. The van der Waals surface area contributed by atoms with E-state index in [1.165, 1.54) is 6.07 Å². The van der Waals surface area contributed by atoms with Crippen molar-refractivity contribution in [2.24, 2.45) is 5.41 Å². The summed E-state index contributed by atoms with van der Waals surface area (Å²) in [5.74, 6) is -2.29. The molecule has 2 aliphatic rings. The van der Waals surface area contributed by atoms with Crippen molar-refractivity contribution in [2.75, 3.05) is 13.2 Å². The first-order valence-electron chi connectivity index (χ1n) is 6.95. The van der Waals surface area contributed by atoms with Gasteiger partial charge in [0.15, 0.2) is 0 Å². The molecule has 1 heterocycles. The smallest absolute Gasteiger partial charge is 0.257 e. The van der Waals surface area contributed by atoms with Crippen molar-refractivity contribution in [2.45, 2.75) is 31.7 Å². The summed E-state index contributed by atoms with van der Waals surface area (Å²) in [6.07, 6.45) is 3.71. The Kier molecular flexibility index (Phi) is 3.46. The normalized spacial score (nSPS) is 24.2. The number of hydrogen-bond donors (Lipinski definition) is 1. The highest BCUT2D eigenvalue weighted by Gasteiger charge is 2.48. The Morgan fingerprint density at radius 1 is 1.20 bits per heavy atom. The van der Waals surface area contributed by atoms with E-state index in [1.807, 2.05) is 0 Å². The fourth-order valence-corrected chi connectivity index (χ4v) is 3.24. The second kappa shape index (κ2) is 5.13. The van der Waals surface area contributed by atoms with E-state index in [4.69, 9.17) is 4.74 Å². The van der Waals surface area contributed by atoms with Crippen LogP contribution in [0.5, 0.6) is 0 Å². The monoisotopic (exact) mass is 281 g/mol. The van der Waals surface area contributed by atoms with Gasteiger partial charge in [0, 0.05) is 19.3 Å². The number of amides is 1. The topological polar surface area (TPSA) is 38.3 Å². The highest BCUT2D eigenvalue weighted by atomic mass is 19.1. The summed E-state index contributed by atoms with van der Waals surface area (Å²) in [4.78, 5) is 12.1. The minimum Gasteiger partial charge on any atom is -0.381 e. The van der Waals surface area contributed by atoms with Gasteiger partial charge in [-0.1, -0.05) is 6.07 Å². The largest absolute Gasteiger partial charge is 0.381 e. The number of halogens is 2. The highest BCUT2D eigenvalue weighted by Crippen LogP contribution is 2.48. The fraction of sp³-hybridized carbons (Fsp3) is 0.533. The molecule has 108 valence electrons. The summed E-state index contributed by atoms with van der Waals surface area (Å²) < 4.78 is 32.5. The average Bonchev–Trinajstić information content (AvgIpc) is 2.44. The Morgan fingerprint density at radius 2 is 1.85 bits per heavy atom. The maximum Gasteiger partial charge on any atom is 0.257 e. The van der Waals surface area contributed by atoms with Gasteiger partial charge in [0.2, 0.25) is 0 Å². The standard InChI is InChI=1S/C15H17F2NO2/c16-10-2-1-3-11(17)13(10)14(19)18-12-4-5-15(12)6-8-20-9-7-15/h1-3,12H,4-9H2,(H,18,19). The van der Waals surface area contributed by atoms with Gasteiger partial charge in [-0.25, -0.2) is 8.78 Å². The van der Waals surface area contributed by atoms with E-state index in [-0.39, 0.29) is 11.5 Å². The van der Waals surface area contributed by atoms with Gasteiger partial charge < -0.3 is 10.1 Å². The van der Waals surface area contributed by atoms with E-state index in [1.54, 1.807) is 0 Å². The number of rotatable bonds is 2. The van der Waals surface area contributed by atoms with E-state index in [9.17, 15) is 13.6 Å². The molecule has 1 aromatic carbocycles. The van der Waals surface area contributed by atoms with Gasteiger partial charge >= 0.3 is 0 Å². The molecule has 1 spiro atoms. The molecule has 1 saturated carbocycles. The molecule has 0 radical (unpaired) electrons. The molecule has 3 nitrogen and oxygen atoms in total. The van der Waals surface area contributed by atoms with Crippen molar-refractivity contribution in [1.82, 2.24) is 5.32 Å². The molecule has 1 aromatic rings. The third-order valence-electron chi connectivity index (χ3n) is 4.65. The lowest BCUT2D eigenvalue weighted by molar-refractivity contribution is -0.0523. The summed E-state index contributed by atoms with van der Waals surface area (Å²) in [5, 5.41) is 2.80. The zero-order chi connectivity index (χ0) is 14.2. The van der Waals surface area contributed by atoms with Gasteiger partial charge in [-0.05, 0) is 43.2 Å². The lowest BCUT2D eigenvalue weighted by Gasteiger charge is -2.52. The first-order valence-corrected chi connectivity index (χ1v) is 6.95. The van der Waals surface area contributed by atoms with Crippen LogP contribution in [0.15, 0.2) is 18.2 Å². The van der Waals surface area contributed by atoms with E-state index in [0.717, 1.165) is 37.8 Å². The minimum atomic E-state index is -0.817. The van der Waals surface area contributed by atoms with Crippen LogP contribution in [-0.4, -0.2) is 25.2 Å². The van der Waals surface area contributed by atoms with E-state index >= 15 is 0 Å². The molecule has 1 aliphatic carbocycles. The molecule has 0 aromatic heterocycles. The number of benzene rings is 1. The molecule has 1 saturated heterocycles. The first kappa shape index (κ1) is 13.5. The number of carbonyl (C=O) groups is 1. The van der Waals surface area contributed by atoms with Crippen molar-refractivity contribution in [3.8, 4) is 0 Å². The van der Waals surface area contributed by atoms with Gasteiger partial charge in [-0.15, -0.1) is 0 Å². The zero-order valence-electron chi connectivity index (χ0n) is 11.1. The minimum absolute atomic E-state index is 0.00194. The zero-order valence-corrected chi connectivity index (χ0v) is 11.1. The molecular formula is C15H17F2NO2. The van der Waals surface area contributed by atoms with E-state index < -0.39 is 23.1 Å². The SMILES string of the molecule is O=C(NC1CCC12CCOCC2)c1c(F)cccc1F. The van der Waals surface area contributed by atoms with Crippen LogP contribution in [-0.2, 0) is 4.74 Å². The third kappa shape index (κ3) is 2.20. The molecule has 1 N–H and O–H groups in total. The summed E-state index contributed by atoms with van der Waals surface area (Å²) in [6.45, 7) is 1.39. The summed E-state index contributed by atoms with van der Waals surface area (Å²) in [5.41, 5.74) is -0.419. The molecule has 1 aliphatic heterocycles. The second-order valence-electron chi connectivity index (χ2n) is 5.64. The van der Waals surface area contributed by atoms with Crippen molar-refractivity contribution in [3.05, 3.63) is 35.4 Å². The second-order valence-corrected chi connectivity index (χ2v) is 5.64. The van der Waals surface area contributed by atoms with Crippen molar-refractivity contribution < 1.29 is 18.3 Å². The van der Waals surface area contributed by atoms with Crippen LogP contribution in [0.2, 0.25) is 0 Å². The maximum atomic E-state index is 13.6. The Labute approximate surface area is 116 Å². The Morgan fingerprint density at radius 3 is 2.40 bits per heavy atom. The van der Waals surface area contributed by atoms with Crippen LogP contribution >= 0.6 is 0 Å². The lowest BCUT2D eigenvalue weighted by atomic mass is 9.60. The molecule has 0 bridgehead atoms. The van der Waals surface area contributed by atoms with Crippen LogP contribution in [0.3, 0.4) is 0 Å². The quantitative estimate of drug-likeness (QED) is 0.905. The highest BCUT2D eigenvalue weighted by molar-refractivity contribution is 5.95. The van der Waals surface area contributed by atoms with E-state index in [0.29, 0.717) is 13.2 Å². The predicted molar refractivity (Wildman–Crippen MR) is 69.3 cm³/mol. The summed E-state index contributed by atoms with van der Waals surface area (Å²) >= 11 is 0. The summed E-state index contributed by atoms with van der Waals surface area (Å²) in [6, 6.07) is 3.45. The molecule has 20 heavy (non-hydrogen) atoms. The number of carbonyl (C=O) groups excluding carboxylic acids is 1. The van der Waals surface area contributed by atoms with Crippen molar-refractivity contribution >= 4 is 5.91 Å². The number of nitrogens with one attached hydrogen (secondary N) is 1. The van der Waals surface area contributed by atoms with Gasteiger partial charge in [-0.2, -0.15) is 0 Å². The van der Waals surface area contributed by atoms with Crippen molar-refractivity contribution in [1.29, 1.82) is 0 Å². The van der Waals surface area contributed by atoms with Crippen molar-refractivity contribution in [3.63, 3.8) is 0 Å². The fourth-order valence-electron chi connectivity index (χ4n) is 3.24. The summed E-state index contributed by atoms with van der Waals surface area (Å²) in [7, 11) is 0.